The first-order valence-corrected chi connectivity index (χ1v) is 4.05. The predicted octanol–water partition coefficient (Wildman–Crippen LogP) is 3.10. The summed E-state index contributed by atoms with van der Waals surface area (Å²) in [7, 11) is 0. The smallest absolute Gasteiger partial charge is 0.0175 e. The van der Waals surface area contributed by atoms with Crippen LogP contribution in [0.3, 0.4) is 0 Å². The van der Waals surface area contributed by atoms with Gasteiger partial charge in [-0.25, -0.2) is 0 Å². The molecule has 0 fully saturated rings. The summed E-state index contributed by atoms with van der Waals surface area (Å²) in [6.45, 7) is 1.87. The monoisotopic (exact) mass is 209 g/mol. The fourth-order valence-corrected chi connectivity index (χ4v) is 1.04. The van der Waals surface area contributed by atoms with Crippen molar-refractivity contribution in [2.45, 2.75) is 6.92 Å². The molecule has 0 aliphatic rings. The van der Waals surface area contributed by atoms with E-state index in [2.05, 4.69) is 21.8 Å². The standard InChI is InChI=1S/C9H8BrN/c1-7(6-11)8-2-4-9(10)5-3-8/h2-5,11H,1H3. The van der Waals surface area contributed by atoms with Crippen molar-refractivity contribution in [2.75, 3.05) is 0 Å². The fourth-order valence-electron chi connectivity index (χ4n) is 0.772. The van der Waals surface area contributed by atoms with Crippen LogP contribution in [0.1, 0.15) is 12.5 Å². The van der Waals surface area contributed by atoms with Gasteiger partial charge < -0.3 is 0 Å². The molecule has 56 valence electrons. The van der Waals surface area contributed by atoms with Crippen molar-refractivity contribution >= 4 is 27.4 Å². The molecule has 1 aromatic carbocycles. The Kier molecular flexibility index (Phi) is 2.64. The summed E-state index contributed by atoms with van der Waals surface area (Å²) in [5.41, 5.74) is 1.90. The zero-order valence-electron chi connectivity index (χ0n) is 6.19. The Hall–Kier alpha value is -0.850. The van der Waals surface area contributed by atoms with Crippen LogP contribution in [0.2, 0.25) is 0 Å². The Bertz CT molecular complexity index is 294. The maximum absolute atomic E-state index is 6.90. The molecule has 1 aromatic rings. The molecule has 0 aromatic heterocycles. The number of hydrogen-bond donors (Lipinski definition) is 1. The van der Waals surface area contributed by atoms with E-state index >= 15 is 0 Å². The zero-order valence-corrected chi connectivity index (χ0v) is 7.77. The largest absolute Gasteiger partial charge is 0.258 e. The Balaban J connectivity index is 3.08. The molecule has 0 aliphatic carbocycles. The number of hydrogen-bond acceptors (Lipinski definition) is 1. The van der Waals surface area contributed by atoms with Gasteiger partial charge >= 0.3 is 0 Å². The molecule has 1 N–H and O–H groups in total. The van der Waals surface area contributed by atoms with Crippen LogP contribution in [-0.4, -0.2) is 5.87 Å². The van der Waals surface area contributed by atoms with E-state index in [-0.39, 0.29) is 0 Å². The first-order chi connectivity index (χ1) is 5.24. The highest BCUT2D eigenvalue weighted by molar-refractivity contribution is 9.10. The van der Waals surface area contributed by atoms with Gasteiger partial charge in [-0.05, 0) is 30.5 Å². The van der Waals surface area contributed by atoms with Gasteiger partial charge in [0.15, 0.2) is 0 Å². The SMILES string of the molecule is CC(=C=N)c1ccc(Br)cc1. The molecular formula is C9H8BrN. The minimum atomic E-state index is 0.859. The lowest BCUT2D eigenvalue weighted by atomic mass is 10.1. The van der Waals surface area contributed by atoms with E-state index < -0.39 is 0 Å². The molecule has 0 aliphatic heterocycles. The van der Waals surface area contributed by atoms with Gasteiger partial charge in [-0.15, -0.1) is 0 Å². The van der Waals surface area contributed by atoms with Crippen LogP contribution in [0.5, 0.6) is 0 Å². The van der Waals surface area contributed by atoms with Gasteiger partial charge in [-0.1, -0.05) is 28.1 Å². The Morgan fingerprint density at radius 3 is 2.36 bits per heavy atom. The topological polar surface area (TPSA) is 23.9 Å². The molecule has 0 saturated heterocycles. The summed E-state index contributed by atoms with van der Waals surface area (Å²) in [4.78, 5) is 0. The third-order valence-corrected chi connectivity index (χ3v) is 1.99. The number of benzene rings is 1. The third kappa shape index (κ3) is 2.04. The third-order valence-electron chi connectivity index (χ3n) is 1.46. The normalized spacial score (nSPS) is 8.91. The van der Waals surface area contributed by atoms with Gasteiger partial charge in [0.1, 0.15) is 0 Å². The van der Waals surface area contributed by atoms with Gasteiger partial charge in [0.2, 0.25) is 0 Å². The summed E-state index contributed by atoms with van der Waals surface area (Å²) in [6.07, 6.45) is 0. The highest BCUT2D eigenvalue weighted by Crippen LogP contribution is 2.14. The zero-order chi connectivity index (χ0) is 8.27. The molecule has 0 saturated carbocycles. The van der Waals surface area contributed by atoms with Crippen molar-refractivity contribution in [3.63, 3.8) is 0 Å². The molecule has 1 nitrogen and oxygen atoms in total. The summed E-state index contributed by atoms with van der Waals surface area (Å²) in [5, 5.41) is 6.90. The van der Waals surface area contributed by atoms with Crippen LogP contribution in [0.25, 0.3) is 5.57 Å². The Labute approximate surface area is 74.4 Å². The van der Waals surface area contributed by atoms with Crippen molar-refractivity contribution in [2.24, 2.45) is 0 Å². The lowest BCUT2D eigenvalue weighted by Gasteiger charge is -1.96. The molecule has 11 heavy (non-hydrogen) atoms. The summed E-state index contributed by atoms with van der Waals surface area (Å²) in [6, 6.07) is 7.83. The van der Waals surface area contributed by atoms with Crippen molar-refractivity contribution in [1.29, 1.82) is 5.41 Å². The Morgan fingerprint density at radius 2 is 1.91 bits per heavy atom. The second-order valence-corrected chi connectivity index (χ2v) is 3.17. The van der Waals surface area contributed by atoms with Crippen molar-refractivity contribution in [1.82, 2.24) is 0 Å². The lowest BCUT2D eigenvalue weighted by molar-refractivity contribution is 1.54. The maximum atomic E-state index is 6.90. The van der Waals surface area contributed by atoms with Crippen LogP contribution in [0.4, 0.5) is 0 Å². The predicted molar refractivity (Wildman–Crippen MR) is 50.9 cm³/mol. The van der Waals surface area contributed by atoms with Crippen LogP contribution >= 0.6 is 15.9 Å². The van der Waals surface area contributed by atoms with Gasteiger partial charge in [-0.2, -0.15) is 0 Å². The second kappa shape index (κ2) is 3.51. The molecule has 0 radical (unpaired) electrons. The number of halogens is 1. The van der Waals surface area contributed by atoms with E-state index in [4.69, 9.17) is 5.41 Å². The van der Waals surface area contributed by atoms with Crippen LogP contribution in [0, 0.1) is 5.41 Å². The summed E-state index contributed by atoms with van der Waals surface area (Å²) < 4.78 is 1.05. The van der Waals surface area contributed by atoms with Gasteiger partial charge in [0, 0.05) is 10.0 Å². The van der Waals surface area contributed by atoms with Gasteiger partial charge in [0.25, 0.3) is 0 Å². The van der Waals surface area contributed by atoms with E-state index in [1.54, 1.807) is 0 Å². The molecule has 1 rings (SSSR count). The van der Waals surface area contributed by atoms with E-state index in [9.17, 15) is 0 Å². The average Bonchev–Trinajstić information content (AvgIpc) is 2.05. The van der Waals surface area contributed by atoms with E-state index in [1.165, 1.54) is 0 Å². The minimum Gasteiger partial charge on any atom is -0.258 e. The van der Waals surface area contributed by atoms with Crippen LogP contribution in [0.15, 0.2) is 28.7 Å². The van der Waals surface area contributed by atoms with Crippen LogP contribution in [-0.2, 0) is 0 Å². The quantitative estimate of drug-likeness (QED) is 0.688. The maximum Gasteiger partial charge on any atom is 0.0175 e. The fraction of sp³-hybridized carbons (Fsp3) is 0.111. The van der Waals surface area contributed by atoms with E-state index in [1.807, 2.05) is 31.2 Å². The van der Waals surface area contributed by atoms with Crippen LogP contribution < -0.4 is 0 Å². The molecule has 0 spiro atoms. The van der Waals surface area contributed by atoms with Crippen molar-refractivity contribution < 1.29 is 0 Å². The van der Waals surface area contributed by atoms with Gasteiger partial charge in [-0.3, -0.25) is 5.41 Å². The molecule has 0 heterocycles. The van der Waals surface area contributed by atoms with E-state index in [0.29, 0.717) is 0 Å². The number of allylic oxidation sites excluding steroid dienone is 1. The molecule has 2 heteroatoms. The highest BCUT2D eigenvalue weighted by Gasteiger charge is 1.92. The average molecular weight is 210 g/mol. The number of nitrogens with one attached hydrogen (secondary N) is 1. The summed E-state index contributed by atoms with van der Waals surface area (Å²) >= 11 is 3.34. The van der Waals surface area contributed by atoms with Crippen molar-refractivity contribution in [3.8, 4) is 0 Å². The summed E-state index contributed by atoms with van der Waals surface area (Å²) in [5.74, 6) is 2.35. The van der Waals surface area contributed by atoms with E-state index in [0.717, 1.165) is 15.6 Å². The Morgan fingerprint density at radius 1 is 1.36 bits per heavy atom. The molecular weight excluding hydrogens is 202 g/mol. The first-order valence-electron chi connectivity index (χ1n) is 3.26. The van der Waals surface area contributed by atoms with Crippen molar-refractivity contribution in [3.05, 3.63) is 34.3 Å². The second-order valence-electron chi connectivity index (χ2n) is 2.26. The molecule has 0 bridgehead atoms. The highest BCUT2D eigenvalue weighted by atomic mass is 79.9. The lowest BCUT2D eigenvalue weighted by Crippen LogP contribution is -1.77. The minimum absolute atomic E-state index is 0.859. The number of rotatable bonds is 1. The molecule has 0 unspecified atom stereocenters. The molecule has 0 amide bonds. The molecule has 0 atom stereocenters. The first kappa shape index (κ1) is 8.25. The van der Waals surface area contributed by atoms with Gasteiger partial charge in [0.05, 0.1) is 0 Å².